The number of carbonyl (C=O) groups excluding carboxylic acids is 1. The molecule has 0 aliphatic rings. The van der Waals surface area contributed by atoms with E-state index in [9.17, 15) is 4.79 Å². The zero-order chi connectivity index (χ0) is 13.8. The van der Waals surface area contributed by atoms with Gasteiger partial charge in [0, 0.05) is 11.6 Å². The second kappa shape index (κ2) is 5.97. The average Bonchev–Trinajstić information content (AvgIpc) is 2.90. The lowest BCUT2D eigenvalue weighted by Crippen LogP contribution is -2.32. The van der Waals surface area contributed by atoms with Gasteiger partial charge in [-0.1, -0.05) is 19.9 Å². The third-order valence-corrected chi connectivity index (χ3v) is 3.76. The Bertz CT molecular complexity index is 549. The van der Waals surface area contributed by atoms with E-state index in [0.29, 0.717) is 5.56 Å². The second-order valence-electron chi connectivity index (χ2n) is 4.91. The molecule has 2 rings (SSSR count). The summed E-state index contributed by atoms with van der Waals surface area (Å²) in [6.45, 7) is 6.20. The van der Waals surface area contributed by atoms with Crippen molar-refractivity contribution >= 4 is 17.2 Å². The molecule has 3 nitrogen and oxygen atoms in total. The van der Waals surface area contributed by atoms with Gasteiger partial charge in [-0.3, -0.25) is 9.78 Å². The fraction of sp³-hybridized carbons (Fsp3) is 0.333. The van der Waals surface area contributed by atoms with Gasteiger partial charge < -0.3 is 5.32 Å². The average molecular weight is 274 g/mol. The molecule has 0 saturated heterocycles. The van der Waals surface area contributed by atoms with Crippen LogP contribution in [0, 0.1) is 12.8 Å². The van der Waals surface area contributed by atoms with Crippen molar-refractivity contribution in [2.45, 2.75) is 26.8 Å². The van der Waals surface area contributed by atoms with E-state index in [4.69, 9.17) is 0 Å². The highest BCUT2D eigenvalue weighted by atomic mass is 32.1. The van der Waals surface area contributed by atoms with Crippen LogP contribution in [0.2, 0.25) is 0 Å². The summed E-state index contributed by atoms with van der Waals surface area (Å²) < 4.78 is 0. The van der Waals surface area contributed by atoms with Crippen molar-refractivity contribution in [2.24, 2.45) is 5.92 Å². The lowest BCUT2D eigenvalue weighted by molar-refractivity contribution is 0.0925. The number of amides is 1. The highest BCUT2D eigenvalue weighted by Gasteiger charge is 2.21. The van der Waals surface area contributed by atoms with Gasteiger partial charge in [-0.25, -0.2) is 0 Å². The van der Waals surface area contributed by atoms with E-state index >= 15 is 0 Å². The van der Waals surface area contributed by atoms with E-state index in [2.05, 4.69) is 24.1 Å². The fourth-order valence-corrected chi connectivity index (χ4v) is 2.63. The summed E-state index contributed by atoms with van der Waals surface area (Å²) in [4.78, 5) is 16.6. The SMILES string of the molecule is Cc1cccnc1C(NC(=O)c1ccsc1)C(C)C. The van der Waals surface area contributed by atoms with Gasteiger partial charge in [-0.15, -0.1) is 0 Å². The van der Waals surface area contributed by atoms with Crippen LogP contribution in [0.15, 0.2) is 35.2 Å². The maximum atomic E-state index is 12.2. The lowest BCUT2D eigenvalue weighted by Gasteiger charge is -2.23. The first kappa shape index (κ1) is 13.7. The molecule has 0 aliphatic heterocycles. The number of aryl methyl sites for hydroxylation is 1. The summed E-state index contributed by atoms with van der Waals surface area (Å²) in [5.74, 6) is 0.251. The zero-order valence-electron chi connectivity index (χ0n) is 11.4. The van der Waals surface area contributed by atoms with Crippen molar-refractivity contribution in [3.05, 3.63) is 52.0 Å². The molecular weight excluding hydrogens is 256 g/mol. The highest BCUT2D eigenvalue weighted by molar-refractivity contribution is 7.08. The number of carbonyl (C=O) groups is 1. The van der Waals surface area contributed by atoms with Crippen molar-refractivity contribution in [2.75, 3.05) is 0 Å². The van der Waals surface area contributed by atoms with E-state index in [1.54, 1.807) is 6.20 Å². The van der Waals surface area contributed by atoms with E-state index < -0.39 is 0 Å². The predicted molar refractivity (Wildman–Crippen MR) is 78.3 cm³/mol. The third kappa shape index (κ3) is 3.20. The summed E-state index contributed by atoms with van der Waals surface area (Å²) >= 11 is 1.53. The van der Waals surface area contributed by atoms with Gasteiger partial charge in [-0.2, -0.15) is 11.3 Å². The van der Waals surface area contributed by atoms with Crippen LogP contribution in [0.1, 0.15) is 41.5 Å². The zero-order valence-corrected chi connectivity index (χ0v) is 12.2. The highest BCUT2D eigenvalue weighted by Crippen LogP contribution is 2.23. The van der Waals surface area contributed by atoms with Crippen LogP contribution in [-0.2, 0) is 0 Å². The van der Waals surface area contributed by atoms with Crippen LogP contribution < -0.4 is 5.32 Å². The number of aromatic nitrogens is 1. The molecule has 0 bridgehead atoms. The van der Waals surface area contributed by atoms with Crippen LogP contribution in [0.5, 0.6) is 0 Å². The van der Waals surface area contributed by atoms with Gasteiger partial charge in [0.1, 0.15) is 0 Å². The Balaban J connectivity index is 2.23. The van der Waals surface area contributed by atoms with Crippen LogP contribution in [0.25, 0.3) is 0 Å². The first-order valence-corrected chi connectivity index (χ1v) is 7.28. The number of thiophene rings is 1. The first-order valence-electron chi connectivity index (χ1n) is 6.34. The molecule has 2 aromatic heterocycles. The molecule has 1 unspecified atom stereocenters. The summed E-state index contributed by atoms with van der Waals surface area (Å²) in [5.41, 5.74) is 2.76. The van der Waals surface area contributed by atoms with Crippen molar-refractivity contribution in [1.29, 1.82) is 0 Å². The monoisotopic (exact) mass is 274 g/mol. The van der Waals surface area contributed by atoms with Gasteiger partial charge in [-0.05, 0) is 35.9 Å². The number of pyridine rings is 1. The molecule has 0 aliphatic carbocycles. The Morgan fingerprint density at radius 3 is 2.74 bits per heavy atom. The van der Waals surface area contributed by atoms with Crippen molar-refractivity contribution in [3.63, 3.8) is 0 Å². The second-order valence-corrected chi connectivity index (χ2v) is 5.69. The Morgan fingerprint density at radius 1 is 1.37 bits per heavy atom. The van der Waals surface area contributed by atoms with Gasteiger partial charge in [0.25, 0.3) is 5.91 Å². The number of rotatable bonds is 4. The molecule has 19 heavy (non-hydrogen) atoms. The summed E-state index contributed by atoms with van der Waals surface area (Å²) in [5, 5.41) is 6.85. The maximum absolute atomic E-state index is 12.2. The molecule has 1 amide bonds. The molecular formula is C15H18N2OS. The maximum Gasteiger partial charge on any atom is 0.252 e. The van der Waals surface area contributed by atoms with Crippen LogP contribution in [0.3, 0.4) is 0 Å². The predicted octanol–water partition coefficient (Wildman–Crippen LogP) is 3.58. The largest absolute Gasteiger partial charge is 0.343 e. The molecule has 2 heterocycles. The summed E-state index contributed by atoms with van der Waals surface area (Å²) in [7, 11) is 0. The number of hydrogen-bond acceptors (Lipinski definition) is 3. The van der Waals surface area contributed by atoms with Gasteiger partial charge in [0.05, 0.1) is 17.3 Å². The van der Waals surface area contributed by atoms with Crippen molar-refractivity contribution in [3.8, 4) is 0 Å². The quantitative estimate of drug-likeness (QED) is 0.926. The molecule has 0 radical (unpaired) electrons. The summed E-state index contributed by atoms with van der Waals surface area (Å²) in [6, 6.07) is 5.71. The smallest absolute Gasteiger partial charge is 0.252 e. The fourth-order valence-electron chi connectivity index (χ4n) is 1.99. The molecule has 4 heteroatoms. The minimum Gasteiger partial charge on any atom is -0.343 e. The topological polar surface area (TPSA) is 42.0 Å². The molecule has 0 saturated carbocycles. The van der Waals surface area contributed by atoms with Gasteiger partial charge in [0.2, 0.25) is 0 Å². The minimum absolute atomic E-state index is 0.0370. The standard InChI is InChI=1S/C15H18N2OS/c1-10(2)13(14-11(3)5-4-7-16-14)17-15(18)12-6-8-19-9-12/h4-10,13H,1-3H3,(H,17,18). The molecule has 0 fully saturated rings. The molecule has 0 aromatic carbocycles. The van der Waals surface area contributed by atoms with Crippen molar-refractivity contribution < 1.29 is 4.79 Å². The Kier molecular flexibility index (Phi) is 4.32. The van der Waals surface area contributed by atoms with Gasteiger partial charge >= 0.3 is 0 Å². The minimum atomic E-state index is -0.0615. The normalized spacial score (nSPS) is 12.4. The van der Waals surface area contributed by atoms with E-state index in [1.807, 2.05) is 35.9 Å². The Hall–Kier alpha value is -1.68. The van der Waals surface area contributed by atoms with E-state index in [0.717, 1.165) is 11.3 Å². The third-order valence-electron chi connectivity index (χ3n) is 3.08. The number of nitrogens with zero attached hydrogens (tertiary/aromatic N) is 1. The van der Waals surface area contributed by atoms with Crippen LogP contribution >= 0.6 is 11.3 Å². The molecule has 1 atom stereocenters. The van der Waals surface area contributed by atoms with Crippen LogP contribution in [0.4, 0.5) is 0 Å². The van der Waals surface area contributed by atoms with Crippen molar-refractivity contribution in [1.82, 2.24) is 10.3 Å². The van der Waals surface area contributed by atoms with E-state index in [1.165, 1.54) is 11.3 Å². The Morgan fingerprint density at radius 2 is 2.16 bits per heavy atom. The van der Waals surface area contributed by atoms with Gasteiger partial charge in [0.15, 0.2) is 0 Å². The molecule has 1 N–H and O–H groups in total. The molecule has 100 valence electrons. The molecule has 0 spiro atoms. The summed E-state index contributed by atoms with van der Waals surface area (Å²) in [6.07, 6.45) is 1.77. The molecule has 2 aromatic rings. The number of nitrogens with one attached hydrogen (secondary N) is 1. The van der Waals surface area contributed by atoms with Crippen LogP contribution in [-0.4, -0.2) is 10.9 Å². The lowest BCUT2D eigenvalue weighted by atomic mass is 9.97. The Labute approximate surface area is 117 Å². The number of hydrogen-bond donors (Lipinski definition) is 1. The first-order chi connectivity index (χ1) is 9.09. The van der Waals surface area contributed by atoms with E-state index in [-0.39, 0.29) is 17.9 Å².